The van der Waals surface area contributed by atoms with Gasteiger partial charge in [-0.15, -0.1) is 11.8 Å². The Bertz CT molecular complexity index is 1130. The minimum absolute atomic E-state index is 0.163. The molecule has 2 unspecified atom stereocenters. The molecule has 0 aliphatic rings. The van der Waals surface area contributed by atoms with E-state index in [0.29, 0.717) is 17.9 Å². The average Bonchev–Trinajstić information content (AvgIpc) is 2.91. The molecule has 3 aromatic rings. The lowest BCUT2D eigenvalue weighted by Gasteiger charge is -2.12. The smallest absolute Gasteiger partial charge is 0.307 e. The number of carbonyl (C=O) groups excluding carboxylic acids is 2. The topological polar surface area (TPSA) is 55.4 Å². The van der Waals surface area contributed by atoms with E-state index >= 15 is 0 Å². The van der Waals surface area contributed by atoms with Crippen LogP contribution < -0.4 is 5.32 Å². The summed E-state index contributed by atoms with van der Waals surface area (Å²) in [7, 11) is 1.33. The van der Waals surface area contributed by atoms with E-state index in [-0.39, 0.29) is 24.8 Å². The highest BCUT2D eigenvalue weighted by Crippen LogP contribution is 2.27. The van der Waals surface area contributed by atoms with Gasteiger partial charge in [-0.1, -0.05) is 55.5 Å². The van der Waals surface area contributed by atoms with Crippen molar-refractivity contribution in [3.63, 3.8) is 0 Å². The summed E-state index contributed by atoms with van der Waals surface area (Å²) in [5.41, 5.74) is 5.13. The predicted molar refractivity (Wildman–Crippen MR) is 150 cm³/mol. The Kier molecular flexibility index (Phi) is 11.2. The van der Waals surface area contributed by atoms with E-state index in [4.69, 9.17) is 0 Å². The Morgan fingerprint density at radius 2 is 1.49 bits per heavy atom. The first-order chi connectivity index (χ1) is 17.8. The lowest BCUT2D eigenvalue weighted by molar-refractivity contribution is -0.140. The van der Waals surface area contributed by atoms with Crippen molar-refractivity contribution in [3.8, 4) is 11.1 Å². The molecule has 0 saturated carbocycles. The zero-order valence-electron chi connectivity index (χ0n) is 21.8. The number of nitrogens with one attached hydrogen (secondary N) is 1. The summed E-state index contributed by atoms with van der Waals surface area (Å²) < 4.78 is 17.8. The fourth-order valence-electron chi connectivity index (χ4n) is 3.94. The maximum absolute atomic E-state index is 13.2. The Hall–Kier alpha value is -3.12. The van der Waals surface area contributed by atoms with Gasteiger partial charge in [0.15, 0.2) is 0 Å². The highest BCUT2D eigenvalue weighted by Gasteiger charge is 2.09. The zero-order chi connectivity index (χ0) is 26.6. The molecule has 196 valence electrons. The zero-order valence-corrected chi connectivity index (χ0v) is 22.7. The van der Waals surface area contributed by atoms with Gasteiger partial charge in [0.25, 0.3) is 5.91 Å². The molecule has 1 amide bonds. The fourth-order valence-corrected chi connectivity index (χ4v) is 4.91. The Morgan fingerprint density at radius 1 is 0.892 bits per heavy atom. The van der Waals surface area contributed by atoms with Crippen LogP contribution in [0.2, 0.25) is 0 Å². The first-order valence-corrected chi connectivity index (χ1v) is 13.7. The van der Waals surface area contributed by atoms with Crippen LogP contribution in [0.4, 0.5) is 4.39 Å². The maximum atomic E-state index is 13.2. The van der Waals surface area contributed by atoms with Crippen LogP contribution >= 0.6 is 11.8 Å². The molecule has 3 aromatic carbocycles. The first kappa shape index (κ1) is 28.5. The minimum atomic E-state index is -0.824. The number of carbonyl (C=O) groups is 2. The summed E-state index contributed by atoms with van der Waals surface area (Å²) in [6.07, 6.45) is 1.82. The van der Waals surface area contributed by atoms with Crippen molar-refractivity contribution in [2.45, 2.75) is 50.6 Å². The molecule has 3 rings (SSSR count). The Morgan fingerprint density at radius 3 is 2.08 bits per heavy atom. The highest BCUT2D eigenvalue weighted by molar-refractivity contribution is 7.99. The number of amides is 1. The van der Waals surface area contributed by atoms with Crippen LogP contribution in [0.1, 0.15) is 48.2 Å². The molecule has 0 spiro atoms. The van der Waals surface area contributed by atoms with Crippen molar-refractivity contribution in [1.29, 1.82) is 0 Å². The predicted octanol–water partition coefficient (Wildman–Crippen LogP) is 6.91. The summed E-state index contributed by atoms with van der Waals surface area (Å²) in [5.74, 6) is 1.06. The van der Waals surface area contributed by atoms with E-state index in [1.54, 1.807) is 6.92 Å². The van der Waals surface area contributed by atoms with Crippen molar-refractivity contribution in [3.05, 3.63) is 89.5 Å². The number of thioether (sulfide) groups is 1. The van der Waals surface area contributed by atoms with Crippen molar-refractivity contribution in [2.24, 2.45) is 5.92 Å². The van der Waals surface area contributed by atoms with E-state index in [0.717, 1.165) is 35.3 Å². The van der Waals surface area contributed by atoms with Crippen molar-refractivity contribution >= 4 is 23.6 Å². The number of alkyl halides is 1. The van der Waals surface area contributed by atoms with Gasteiger partial charge in [-0.2, -0.15) is 0 Å². The molecule has 4 nitrogen and oxygen atoms in total. The quantitative estimate of drug-likeness (QED) is 0.196. The van der Waals surface area contributed by atoms with Crippen LogP contribution in [0.5, 0.6) is 0 Å². The van der Waals surface area contributed by atoms with E-state index in [2.05, 4.69) is 53.4 Å². The van der Waals surface area contributed by atoms with E-state index in [1.165, 1.54) is 17.6 Å². The molecule has 0 fully saturated rings. The third-order valence-corrected chi connectivity index (χ3v) is 7.52. The normalized spacial score (nSPS) is 12.5. The standard InChI is InChI=1S/C31H36FNO3S/c1-22(4-5-24-6-12-28(13-7-24)31(35)33-19-18-30(34)36-3)21-37-29-16-14-27(15-17-29)26-10-8-25(9-11-26)20-23(2)32/h6-17,22-23H,4-5,18-21H2,1-3H3,(H,33,35). The van der Waals surface area contributed by atoms with Crippen molar-refractivity contribution in [1.82, 2.24) is 5.32 Å². The van der Waals surface area contributed by atoms with Crippen LogP contribution in [-0.2, 0) is 22.4 Å². The third kappa shape index (κ3) is 9.69. The summed E-state index contributed by atoms with van der Waals surface area (Å²) in [5, 5.41) is 2.73. The van der Waals surface area contributed by atoms with Gasteiger partial charge in [0.2, 0.25) is 0 Å². The van der Waals surface area contributed by atoms with Crippen LogP contribution in [-0.4, -0.2) is 37.5 Å². The van der Waals surface area contributed by atoms with Crippen LogP contribution in [0.25, 0.3) is 11.1 Å². The molecule has 37 heavy (non-hydrogen) atoms. The summed E-state index contributed by atoms with van der Waals surface area (Å²) in [6, 6.07) is 24.4. The molecule has 1 N–H and O–H groups in total. The SMILES string of the molecule is COC(=O)CCNC(=O)c1ccc(CCC(C)CSc2ccc(-c3ccc(CC(C)F)cc3)cc2)cc1. The van der Waals surface area contributed by atoms with Gasteiger partial charge in [0.05, 0.1) is 13.5 Å². The molecule has 0 bridgehead atoms. The lowest BCUT2D eigenvalue weighted by atomic mass is 10.0. The average molecular weight is 522 g/mol. The molecule has 0 saturated heterocycles. The number of esters is 1. The van der Waals surface area contributed by atoms with Crippen LogP contribution in [0.3, 0.4) is 0 Å². The van der Waals surface area contributed by atoms with E-state index in [9.17, 15) is 14.0 Å². The lowest BCUT2D eigenvalue weighted by Crippen LogP contribution is -2.26. The molecule has 2 atom stereocenters. The number of methoxy groups -OCH3 is 1. The van der Waals surface area contributed by atoms with Crippen LogP contribution in [0.15, 0.2) is 77.7 Å². The van der Waals surface area contributed by atoms with Gasteiger partial charge >= 0.3 is 5.97 Å². The fraction of sp³-hybridized carbons (Fsp3) is 0.355. The van der Waals surface area contributed by atoms with Crippen LogP contribution in [0, 0.1) is 5.92 Å². The van der Waals surface area contributed by atoms with Gasteiger partial charge in [0.1, 0.15) is 6.17 Å². The van der Waals surface area contributed by atoms with Gasteiger partial charge < -0.3 is 10.1 Å². The summed E-state index contributed by atoms with van der Waals surface area (Å²) in [4.78, 5) is 24.6. The van der Waals surface area contributed by atoms with Gasteiger partial charge in [-0.25, -0.2) is 4.39 Å². The largest absolute Gasteiger partial charge is 0.469 e. The third-order valence-electron chi connectivity index (χ3n) is 6.18. The second kappa shape index (κ2) is 14.6. The minimum Gasteiger partial charge on any atom is -0.469 e. The number of hydrogen-bond donors (Lipinski definition) is 1. The summed E-state index contributed by atoms with van der Waals surface area (Å²) in [6.45, 7) is 4.12. The highest BCUT2D eigenvalue weighted by atomic mass is 32.2. The summed E-state index contributed by atoms with van der Waals surface area (Å²) >= 11 is 1.87. The molecule has 0 aliphatic heterocycles. The number of rotatable bonds is 13. The van der Waals surface area contributed by atoms with Crippen molar-refractivity contribution < 1.29 is 18.7 Å². The van der Waals surface area contributed by atoms with Gasteiger partial charge in [0, 0.05) is 29.2 Å². The van der Waals surface area contributed by atoms with Gasteiger partial charge in [-0.05, 0) is 72.2 Å². The molecule has 0 aromatic heterocycles. The molecule has 0 heterocycles. The number of ether oxygens (including phenoxy) is 1. The molecular formula is C31H36FNO3S. The Labute approximate surface area is 224 Å². The number of halogens is 1. The van der Waals surface area contributed by atoms with Gasteiger partial charge in [-0.3, -0.25) is 9.59 Å². The molecule has 0 aliphatic carbocycles. The Balaban J connectivity index is 1.40. The molecule has 6 heteroatoms. The van der Waals surface area contributed by atoms with E-state index < -0.39 is 6.17 Å². The second-order valence-corrected chi connectivity index (χ2v) is 10.5. The number of benzene rings is 3. The number of hydrogen-bond acceptors (Lipinski definition) is 4. The second-order valence-electron chi connectivity index (χ2n) is 9.44. The monoisotopic (exact) mass is 521 g/mol. The van der Waals surface area contributed by atoms with Crippen molar-refractivity contribution in [2.75, 3.05) is 19.4 Å². The number of aryl methyl sites for hydroxylation is 1. The maximum Gasteiger partial charge on any atom is 0.307 e. The molecule has 0 radical (unpaired) electrons. The first-order valence-electron chi connectivity index (χ1n) is 12.7. The van der Waals surface area contributed by atoms with E-state index in [1.807, 2.05) is 48.2 Å². The molecular weight excluding hydrogens is 485 g/mol.